The number of nitrogens with zero attached hydrogens (tertiary/aromatic N) is 2. The topological polar surface area (TPSA) is 70.8 Å². The van der Waals surface area contributed by atoms with E-state index in [1.54, 1.807) is 6.07 Å². The van der Waals surface area contributed by atoms with Crippen LogP contribution in [0.2, 0.25) is 5.02 Å². The highest BCUT2D eigenvalue weighted by Crippen LogP contribution is 2.27. The molecular formula is C22H22ClFN2O4S. The first kappa shape index (κ1) is 22.0. The highest BCUT2D eigenvalue weighted by molar-refractivity contribution is 7.89. The highest BCUT2D eigenvalue weighted by Gasteiger charge is 2.28. The van der Waals surface area contributed by atoms with E-state index in [1.165, 1.54) is 22.5 Å². The second kappa shape index (κ2) is 8.70. The maximum atomic E-state index is 13.1. The summed E-state index contributed by atoms with van der Waals surface area (Å²) in [6.07, 6.45) is 0.729. The molecule has 0 spiro atoms. The fraction of sp³-hybridized carbons (Fsp3) is 0.318. The quantitative estimate of drug-likeness (QED) is 0.539. The molecule has 0 N–H and O–H groups in total. The fourth-order valence-corrected chi connectivity index (χ4v) is 5.53. The first-order valence-corrected chi connectivity index (χ1v) is 11.8. The first-order valence-electron chi connectivity index (χ1n) is 10.0. The molecule has 1 aliphatic heterocycles. The van der Waals surface area contributed by atoms with Crippen molar-refractivity contribution in [3.05, 3.63) is 74.9 Å². The van der Waals surface area contributed by atoms with E-state index in [0.29, 0.717) is 43.3 Å². The van der Waals surface area contributed by atoms with Gasteiger partial charge in [0.25, 0.3) is 0 Å². The molecule has 0 bridgehead atoms. The number of aryl methyl sites for hydroxylation is 1. The van der Waals surface area contributed by atoms with Crippen LogP contribution in [0.4, 0.5) is 4.39 Å². The Hall–Kier alpha value is -2.26. The lowest BCUT2D eigenvalue weighted by Crippen LogP contribution is -2.48. The summed E-state index contributed by atoms with van der Waals surface area (Å²) in [7, 11) is -3.67. The van der Waals surface area contributed by atoms with Gasteiger partial charge in [0, 0.05) is 49.2 Å². The van der Waals surface area contributed by atoms with Gasteiger partial charge >= 0.3 is 5.63 Å². The lowest BCUT2D eigenvalue weighted by molar-refractivity contribution is 0.182. The Kier molecular flexibility index (Phi) is 6.16. The summed E-state index contributed by atoms with van der Waals surface area (Å²) in [5.41, 5.74) is 1.78. The average molecular weight is 465 g/mol. The molecule has 9 heteroatoms. The van der Waals surface area contributed by atoms with E-state index in [2.05, 4.69) is 4.90 Å². The van der Waals surface area contributed by atoms with Gasteiger partial charge in [-0.05, 0) is 53.9 Å². The summed E-state index contributed by atoms with van der Waals surface area (Å²) in [4.78, 5) is 14.2. The zero-order valence-corrected chi connectivity index (χ0v) is 18.5. The Bertz CT molecular complexity index is 1270. The SMILES string of the molecule is CCc1cc2oc(=O)cc(CN3CCN(S(=O)(=O)c4ccc(F)cc4)CC3)c2cc1Cl. The highest BCUT2D eigenvalue weighted by atomic mass is 35.5. The molecule has 0 unspecified atom stereocenters. The van der Waals surface area contributed by atoms with Crippen LogP contribution in [-0.4, -0.2) is 43.8 Å². The summed E-state index contributed by atoms with van der Waals surface area (Å²) in [5, 5.41) is 1.41. The van der Waals surface area contributed by atoms with Crippen LogP contribution < -0.4 is 5.63 Å². The molecule has 0 aliphatic carbocycles. The third-order valence-corrected chi connectivity index (χ3v) is 7.82. The number of hydrogen-bond acceptors (Lipinski definition) is 5. The van der Waals surface area contributed by atoms with Gasteiger partial charge in [-0.1, -0.05) is 18.5 Å². The number of fused-ring (bicyclic) bond motifs is 1. The molecule has 1 fully saturated rings. The molecule has 4 rings (SSSR count). The number of piperazine rings is 1. The van der Waals surface area contributed by atoms with Crippen LogP contribution in [0.25, 0.3) is 11.0 Å². The first-order chi connectivity index (χ1) is 14.8. The van der Waals surface area contributed by atoms with Crippen LogP contribution in [0.3, 0.4) is 0 Å². The third-order valence-electron chi connectivity index (χ3n) is 5.55. The van der Waals surface area contributed by atoms with Gasteiger partial charge in [0.2, 0.25) is 10.0 Å². The standard InChI is InChI=1S/C22H22ClFN2O4S/c1-2-15-11-21-19(13-20(15)23)16(12-22(27)30-21)14-25-7-9-26(10-8-25)31(28,29)18-5-3-17(24)4-6-18/h3-6,11-13H,2,7-10,14H2,1H3. The van der Waals surface area contributed by atoms with E-state index in [-0.39, 0.29) is 4.90 Å². The van der Waals surface area contributed by atoms with Gasteiger partial charge in [-0.25, -0.2) is 17.6 Å². The predicted molar refractivity (Wildman–Crippen MR) is 117 cm³/mol. The minimum Gasteiger partial charge on any atom is -0.423 e. The van der Waals surface area contributed by atoms with Crippen molar-refractivity contribution in [2.45, 2.75) is 24.8 Å². The van der Waals surface area contributed by atoms with E-state index in [9.17, 15) is 17.6 Å². The zero-order chi connectivity index (χ0) is 22.2. The van der Waals surface area contributed by atoms with E-state index < -0.39 is 21.5 Å². The Morgan fingerprint density at radius 1 is 1.03 bits per heavy atom. The monoisotopic (exact) mass is 464 g/mol. The van der Waals surface area contributed by atoms with Gasteiger partial charge in [-0.3, -0.25) is 4.90 Å². The van der Waals surface area contributed by atoms with Gasteiger partial charge in [0.05, 0.1) is 4.90 Å². The Morgan fingerprint density at radius 3 is 2.35 bits per heavy atom. The molecule has 0 radical (unpaired) electrons. The molecule has 164 valence electrons. The van der Waals surface area contributed by atoms with Crippen LogP contribution in [0.15, 0.2) is 56.6 Å². The number of sulfonamides is 1. The van der Waals surface area contributed by atoms with Crippen molar-refractivity contribution in [3.8, 4) is 0 Å². The molecule has 1 aromatic heterocycles. The Balaban J connectivity index is 1.51. The number of benzene rings is 2. The summed E-state index contributed by atoms with van der Waals surface area (Å²) < 4.78 is 45.5. The molecule has 0 saturated carbocycles. The van der Waals surface area contributed by atoms with E-state index in [1.807, 2.05) is 13.0 Å². The molecule has 31 heavy (non-hydrogen) atoms. The molecule has 2 heterocycles. The maximum absolute atomic E-state index is 13.1. The van der Waals surface area contributed by atoms with Crippen LogP contribution >= 0.6 is 11.6 Å². The minimum absolute atomic E-state index is 0.0791. The van der Waals surface area contributed by atoms with Gasteiger partial charge in [-0.2, -0.15) is 4.31 Å². The molecule has 0 atom stereocenters. The summed E-state index contributed by atoms with van der Waals surface area (Å²) >= 11 is 6.36. The van der Waals surface area contributed by atoms with Gasteiger partial charge < -0.3 is 4.42 Å². The van der Waals surface area contributed by atoms with Gasteiger partial charge in [0.15, 0.2) is 0 Å². The van der Waals surface area contributed by atoms with Crippen molar-refractivity contribution < 1.29 is 17.2 Å². The fourth-order valence-electron chi connectivity index (χ4n) is 3.82. The van der Waals surface area contributed by atoms with Crippen molar-refractivity contribution in [2.75, 3.05) is 26.2 Å². The van der Waals surface area contributed by atoms with Gasteiger partial charge in [0.1, 0.15) is 11.4 Å². The maximum Gasteiger partial charge on any atom is 0.336 e. The number of rotatable bonds is 5. The Morgan fingerprint density at radius 2 is 1.71 bits per heavy atom. The third kappa shape index (κ3) is 4.52. The van der Waals surface area contributed by atoms with E-state index in [0.717, 1.165) is 35.1 Å². The number of hydrogen-bond donors (Lipinski definition) is 0. The normalized spacial score (nSPS) is 16.1. The molecule has 1 aliphatic rings. The van der Waals surface area contributed by atoms with Crippen molar-refractivity contribution in [1.29, 1.82) is 0 Å². The van der Waals surface area contributed by atoms with Crippen molar-refractivity contribution >= 4 is 32.6 Å². The Labute approximate surface area is 184 Å². The second-order valence-corrected chi connectivity index (χ2v) is 9.86. The zero-order valence-electron chi connectivity index (χ0n) is 17.0. The van der Waals surface area contributed by atoms with Crippen LogP contribution in [0, 0.1) is 5.82 Å². The lowest BCUT2D eigenvalue weighted by atomic mass is 10.1. The number of halogens is 2. The smallest absolute Gasteiger partial charge is 0.336 e. The summed E-state index contributed by atoms with van der Waals surface area (Å²) in [6, 6.07) is 9.93. The average Bonchev–Trinajstić information content (AvgIpc) is 2.74. The largest absolute Gasteiger partial charge is 0.423 e. The van der Waals surface area contributed by atoms with E-state index in [4.69, 9.17) is 16.0 Å². The minimum atomic E-state index is -3.67. The second-order valence-electron chi connectivity index (χ2n) is 7.52. The van der Waals surface area contributed by atoms with Crippen molar-refractivity contribution in [1.82, 2.24) is 9.21 Å². The predicted octanol–water partition coefficient (Wildman–Crippen LogP) is 3.65. The molecule has 1 saturated heterocycles. The van der Waals surface area contributed by atoms with Crippen LogP contribution in [0.1, 0.15) is 18.1 Å². The van der Waals surface area contributed by atoms with Crippen molar-refractivity contribution in [3.63, 3.8) is 0 Å². The molecule has 3 aromatic rings. The molecule has 6 nitrogen and oxygen atoms in total. The molecule has 0 amide bonds. The summed E-state index contributed by atoms with van der Waals surface area (Å²) in [5.74, 6) is -0.477. The lowest BCUT2D eigenvalue weighted by Gasteiger charge is -2.34. The van der Waals surface area contributed by atoms with Crippen LogP contribution in [0.5, 0.6) is 0 Å². The molecular weight excluding hydrogens is 443 g/mol. The molecule has 2 aromatic carbocycles. The van der Waals surface area contributed by atoms with Gasteiger partial charge in [-0.15, -0.1) is 0 Å². The van der Waals surface area contributed by atoms with E-state index >= 15 is 0 Å². The van der Waals surface area contributed by atoms with Crippen molar-refractivity contribution in [2.24, 2.45) is 0 Å². The van der Waals surface area contributed by atoms with Crippen LogP contribution in [-0.2, 0) is 23.0 Å². The summed E-state index contributed by atoms with van der Waals surface area (Å²) in [6.45, 7) is 4.08.